The molecule has 0 saturated carbocycles. The molecule has 32 heteroatoms. The average molecular weight is 900 g/mol. The lowest BCUT2D eigenvalue weighted by molar-refractivity contribution is -0.159. The van der Waals surface area contributed by atoms with Crippen LogP contribution in [0.3, 0.4) is 0 Å². The third-order valence-corrected chi connectivity index (χ3v) is 10.9. The zero-order valence-electron chi connectivity index (χ0n) is 29.8. The summed E-state index contributed by atoms with van der Waals surface area (Å²) in [6.45, 7) is 1.90. The topological polar surface area (TPSA) is 438 Å². The molecule has 2 aromatic rings. The number of fused-ring (bicyclic) bond motifs is 1. The van der Waals surface area contributed by atoms with Gasteiger partial charge in [0.15, 0.2) is 22.8 Å². The first-order valence-corrected chi connectivity index (χ1v) is 21.2. The number of carboxylic acid groups (broad SMARTS) is 2. The van der Waals surface area contributed by atoms with Crippen molar-refractivity contribution >= 4 is 81.1 Å². The number of nitrogens with two attached hydrogens (primary N) is 1. The Morgan fingerprint density at radius 2 is 1.61 bits per heavy atom. The van der Waals surface area contributed by atoms with Crippen molar-refractivity contribution in [1.29, 1.82) is 0 Å². The van der Waals surface area contributed by atoms with E-state index in [0.717, 1.165) is 29.0 Å². The van der Waals surface area contributed by atoms with Crippen LogP contribution in [0, 0.1) is 5.41 Å². The van der Waals surface area contributed by atoms with E-state index in [-0.39, 0.29) is 41.6 Å². The molecule has 1 aliphatic rings. The fraction of sp³-hybridized carbons (Fsp3) is 0.600. The molecule has 2 amide bonds. The van der Waals surface area contributed by atoms with E-state index in [4.69, 9.17) is 39.3 Å². The molecule has 0 bridgehead atoms. The van der Waals surface area contributed by atoms with Crippen LogP contribution in [-0.2, 0) is 60.3 Å². The molecule has 12 N–H and O–H groups in total. The third-order valence-electron chi connectivity index (χ3n) is 6.99. The monoisotopic (exact) mass is 899 g/mol. The predicted octanol–water partition coefficient (Wildman–Crippen LogP) is -2.16. The molecule has 2 unspecified atom stereocenters. The summed E-state index contributed by atoms with van der Waals surface area (Å²) in [4.78, 5) is 104. The minimum absolute atomic E-state index is 0.0310. The number of nitrogen functional groups attached to an aromatic ring is 1. The van der Waals surface area contributed by atoms with Gasteiger partial charge in [-0.3, -0.25) is 32.5 Å². The van der Waals surface area contributed by atoms with Gasteiger partial charge in [0.1, 0.15) is 36.3 Å². The van der Waals surface area contributed by atoms with Crippen LogP contribution < -0.4 is 16.4 Å². The summed E-state index contributed by atoms with van der Waals surface area (Å²) in [5.74, 6) is -4.73. The zero-order chi connectivity index (χ0) is 43.5. The number of carbonyl (C=O) groups is 5. The van der Waals surface area contributed by atoms with Crippen LogP contribution in [0.15, 0.2) is 12.7 Å². The number of aromatic nitrogens is 4. The number of carboxylic acids is 2. The normalized spacial score (nSPS) is 21.0. The number of hydrogen-bond acceptors (Lipinski definition) is 20. The highest BCUT2D eigenvalue weighted by Crippen LogP contribution is 2.61. The zero-order valence-corrected chi connectivity index (χ0v) is 33.3. The maximum atomic E-state index is 12.6. The molecule has 322 valence electrons. The summed E-state index contributed by atoms with van der Waals surface area (Å²) in [5.41, 5.74) is 4.26. The molecule has 1 aliphatic heterocycles. The number of aliphatic carboxylic acids is 2. The first-order chi connectivity index (χ1) is 26.2. The van der Waals surface area contributed by atoms with E-state index >= 15 is 0 Å². The van der Waals surface area contributed by atoms with Gasteiger partial charge in [-0.25, -0.2) is 38.2 Å². The molecule has 0 radical (unpaired) electrons. The Kier molecular flexibility index (Phi) is 18.3. The van der Waals surface area contributed by atoms with Gasteiger partial charge in [0.25, 0.3) is 0 Å². The quantitative estimate of drug-likeness (QED) is 0.0406. The summed E-state index contributed by atoms with van der Waals surface area (Å²) >= 11 is 1.03. The SMILES string of the molecule is CC(=O)SCCNC(=O)CCNC(=O)[C@H](O)C(C)(C)COP(=O)(O)OP(=O)(O)OC[C@H]1O[C@@H](n2cnc3c(N)ncnc32)[C@H](O)[C@@H]1OP(=O)(O)O.O=C(O)C(=O)O. The second kappa shape index (κ2) is 21.0. The number of rotatable bonds is 19. The Morgan fingerprint density at radius 3 is 2.19 bits per heavy atom. The van der Waals surface area contributed by atoms with E-state index in [1.807, 2.05) is 0 Å². The number of nitrogens with zero attached hydrogens (tertiary/aromatic N) is 4. The lowest BCUT2D eigenvalue weighted by atomic mass is 9.87. The number of ether oxygens (including phenoxy) is 1. The summed E-state index contributed by atoms with van der Waals surface area (Å²) < 4.78 is 61.8. The number of imidazole rings is 1. The van der Waals surface area contributed by atoms with Crippen LogP contribution in [0.5, 0.6) is 0 Å². The number of aliphatic hydroxyl groups is 2. The third kappa shape index (κ3) is 16.3. The molecule has 1 saturated heterocycles. The fourth-order valence-electron chi connectivity index (χ4n) is 4.32. The number of amides is 2. The Labute approximate surface area is 324 Å². The van der Waals surface area contributed by atoms with Gasteiger partial charge in [0.2, 0.25) is 11.8 Å². The number of aliphatic hydroxyl groups excluding tert-OH is 2. The number of anilines is 1. The molecule has 2 aromatic heterocycles. The summed E-state index contributed by atoms with van der Waals surface area (Å²) in [7, 11) is -16.4. The Morgan fingerprint density at radius 1 is 1.00 bits per heavy atom. The van der Waals surface area contributed by atoms with Crippen molar-refractivity contribution in [3.63, 3.8) is 0 Å². The van der Waals surface area contributed by atoms with Crippen LogP contribution in [0.1, 0.15) is 33.4 Å². The van der Waals surface area contributed by atoms with Gasteiger partial charge in [-0.15, -0.1) is 0 Å². The van der Waals surface area contributed by atoms with E-state index in [2.05, 4.69) is 34.4 Å². The highest BCUT2D eigenvalue weighted by Gasteiger charge is 2.50. The van der Waals surface area contributed by atoms with Crippen molar-refractivity contribution in [2.24, 2.45) is 5.41 Å². The van der Waals surface area contributed by atoms with Crippen molar-refractivity contribution in [2.75, 3.05) is 37.8 Å². The number of carbonyl (C=O) groups excluding carboxylic acids is 3. The number of phosphoric acid groups is 3. The molecule has 3 rings (SSSR count). The molecular weight excluding hydrogens is 859 g/mol. The Bertz CT molecular complexity index is 1900. The van der Waals surface area contributed by atoms with Crippen LogP contribution in [0.4, 0.5) is 5.82 Å². The van der Waals surface area contributed by atoms with Crippen LogP contribution in [0.25, 0.3) is 11.2 Å². The molecule has 0 aromatic carbocycles. The van der Waals surface area contributed by atoms with Crippen LogP contribution >= 0.6 is 35.2 Å². The molecule has 28 nitrogen and oxygen atoms in total. The van der Waals surface area contributed by atoms with Gasteiger partial charge in [0.05, 0.1) is 19.5 Å². The van der Waals surface area contributed by atoms with Gasteiger partial charge in [-0.2, -0.15) is 4.31 Å². The van der Waals surface area contributed by atoms with E-state index < -0.39 is 96.5 Å². The number of nitrogens with one attached hydrogen (secondary N) is 2. The highest BCUT2D eigenvalue weighted by atomic mass is 32.2. The first kappa shape index (κ1) is 49.6. The summed E-state index contributed by atoms with van der Waals surface area (Å²) in [6.07, 6.45) is -6.88. The number of phosphoric ester groups is 3. The van der Waals surface area contributed by atoms with Crippen molar-refractivity contribution in [1.82, 2.24) is 30.2 Å². The Hall–Kier alpha value is -3.50. The molecule has 3 heterocycles. The fourth-order valence-corrected chi connectivity index (χ4v) is 7.65. The van der Waals surface area contributed by atoms with Crippen molar-refractivity contribution in [3.05, 3.63) is 12.7 Å². The maximum Gasteiger partial charge on any atom is 0.481 e. The smallest absolute Gasteiger partial charge is 0.473 e. The van der Waals surface area contributed by atoms with Crippen LogP contribution in [0.2, 0.25) is 0 Å². The van der Waals surface area contributed by atoms with Gasteiger partial charge < -0.3 is 61.1 Å². The van der Waals surface area contributed by atoms with Gasteiger partial charge >= 0.3 is 35.4 Å². The highest BCUT2D eigenvalue weighted by molar-refractivity contribution is 8.13. The number of thioether (sulfide) groups is 1. The van der Waals surface area contributed by atoms with Crippen molar-refractivity contribution in [3.8, 4) is 0 Å². The minimum Gasteiger partial charge on any atom is -0.473 e. The summed E-state index contributed by atoms with van der Waals surface area (Å²) in [5, 5.41) is 40.8. The standard InChI is InChI=1S/C23H38N7O17P3S.C2H2O4/c1-12(31)51-7-6-25-14(32)4-5-26-21(35)18(34)23(2,3)9-44-50(41,42)47-49(39,40)43-8-13-17(46-48(36,37)38)16(33)22(45-13)30-11-29-15-19(24)27-10-28-20(15)30;3-1(4)2(5)6/h10-11,13,16-18,22,33-34H,4-9H2,1-3H3,(H,25,32)(H,26,35)(H,39,40)(H,41,42)(H2,24,27,28)(H2,36,37,38);(H,3,4)(H,5,6)/t13-,16-,17-,18+,22-;/m1./s1. The van der Waals surface area contributed by atoms with Crippen molar-refractivity contribution < 1.29 is 100 Å². The van der Waals surface area contributed by atoms with E-state index in [1.54, 1.807) is 0 Å². The lowest BCUT2D eigenvalue weighted by Gasteiger charge is -2.30. The Balaban J connectivity index is 0.00000173. The predicted molar refractivity (Wildman–Crippen MR) is 188 cm³/mol. The average Bonchev–Trinajstić information content (AvgIpc) is 3.64. The first-order valence-electron chi connectivity index (χ1n) is 15.6. The van der Waals surface area contributed by atoms with E-state index in [9.17, 15) is 57.9 Å². The molecule has 0 spiro atoms. The van der Waals surface area contributed by atoms with E-state index in [0.29, 0.717) is 5.75 Å². The molecule has 0 aliphatic carbocycles. The van der Waals surface area contributed by atoms with Crippen LogP contribution in [-0.4, -0.2) is 145 Å². The molecule has 1 fully saturated rings. The number of hydrogen-bond donors (Lipinski definition) is 11. The maximum absolute atomic E-state index is 12.6. The second-order valence-corrected chi connectivity index (χ2v) is 17.5. The molecule has 7 atom stereocenters. The van der Waals surface area contributed by atoms with E-state index in [1.165, 1.54) is 20.8 Å². The second-order valence-electron chi connectivity index (χ2n) is 12.0. The molecular formula is C25H40N7O21P3S. The molecule has 57 heavy (non-hydrogen) atoms. The van der Waals surface area contributed by atoms with Gasteiger partial charge in [-0.1, -0.05) is 25.6 Å². The van der Waals surface area contributed by atoms with Gasteiger partial charge in [0, 0.05) is 37.6 Å². The van der Waals surface area contributed by atoms with Crippen molar-refractivity contribution in [2.45, 2.75) is 57.8 Å². The minimum atomic E-state index is -5.56. The largest absolute Gasteiger partial charge is 0.481 e. The van der Waals surface area contributed by atoms with Gasteiger partial charge in [-0.05, 0) is 0 Å². The summed E-state index contributed by atoms with van der Waals surface area (Å²) in [6, 6.07) is 0. The lowest BCUT2D eigenvalue weighted by Crippen LogP contribution is -2.46.